The van der Waals surface area contributed by atoms with Crippen LogP contribution >= 0.6 is 34.3 Å². The second-order valence-electron chi connectivity index (χ2n) is 8.12. The highest BCUT2D eigenvalue weighted by Crippen LogP contribution is 2.47. The number of nitrogens with zero attached hydrogens (tertiary/aromatic N) is 2. The quantitative estimate of drug-likeness (QED) is 0.314. The largest absolute Gasteiger partial charge is 0.462 e. The maximum absolute atomic E-state index is 14.0. The number of nitrogens with one attached hydrogen (secondary N) is 2. The average Bonchev–Trinajstić information content (AvgIpc) is 3.57. The van der Waals surface area contributed by atoms with E-state index in [-0.39, 0.29) is 51.5 Å². The molecule has 1 aliphatic heterocycles. The van der Waals surface area contributed by atoms with Gasteiger partial charge in [0.05, 0.1) is 24.8 Å². The number of hydrogen-bond donors (Lipinski definition) is 2. The van der Waals surface area contributed by atoms with Crippen LogP contribution in [0.3, 0.4) is 0 Å². The third kappa shape index (κ3) is 5.24. The summed E-state index contributed by atoms with van der Waals surface area (Å²) < 4.78 is 52.8. The van der Waals surface area contributed by atoms with Crippen LogP contribution in [-0.4, -0.2) is 47.0 Å². The summed E-state index contributed by atoms with van der Waals surface area (Å²) in [5.74, 6) is -2.60. The molecular weight excluding hydrogens is 569 g/mol. The Bertz CT molecular complexity index is 1370. The van der Waals surface area contributed by atoms with Gasteiger partial charge >= 0.3 is 18.1 Å². The van der Waals surface area contributed by atoms with Gasteiger partial charge in [-0.25, -0.2) is 14.3 Å². The number of ether oxygens (including phenoxy) is 2. The van der Waals surface area contributed by atoms with E-state index in [1.165, 1.54) is 18.3 Å². The van der Waals surface area contributed by atoms with E-state index < -0.39 is 41.8 Å². The van der Waals surface area contributed by atoms with Crippen molar-refractivity contribution in [3.8, 4) is 0 Å². The molecule has 4 rings (SSSR count). The van der Waals surface area contributed by atoms with Gasteiger partial charge in [-0.15, -0.1) is 22.7 Å². The topological polar surface area (TPSA) is 112 Å². The van der Waals surface area contributed by atoms with E-state index in [2.05, 4.69) is 15.7 Å². The normalized spacial score (nSPS) is 16.9. The molecule has 0 unspecified atom stereocenters. The number of carbonyl (C=O) groups excluding carboxylic acids is 3. The van der Waals surface area contributed by atoms with Crippen LogP contribution in [0.1, 0.15) is 73.3 Å². The van der Waals surface area contributed by atoms with Crippen LogP contribution in [0.4, 0.5) is 24.0 Å². The lowest BCUT2D eigenvalue weighted by molar-refractivity contribution is -0.173. The minimum Gasteiger partial charge on any atom is -0.462 e. The Morgan fingerprint density at radius 3 is 2.53 bits per heavy atom. The molecule has 3 aromatic heterocycles. The van der Waals surface area contributed by atoms with Crippen LogP contribution in [0.5, 0.6) is 0 Å². The number of carbonyl (C=O) groups is 3. The van der Waals surface area contributed by atoms with Crippen LogP contribution in [0.2, 0.25) is 5.02 Å². The van der Waals surface area contributed by atoms with Gasteiger partial charge in [-0.1, -0.05) is 17.7 Å². The van der Waals surface area contributed by atoms with Gasteiger partial charge in [0, 0.05) is 11.3 Å². The molecule has 3 aromatic rings. The van der Waals surface area contributed by atoms with Crippen molar-refractivity contribution >= 4 is 62.9 Å². The molecule has 1 amide bonds. The summed E-state index contributed by atoms with van der Waals surface area (Å²) in [4.78, 5) is 39.0. The molecule has 9 nitrogen and oxygen atoms in total. The number of hydrogen-bond acceptors (Lipinski definition) is 9. The Balaban J connectivity index is 1.72. The van der Waals surface area contributed by atoms with Gasteiger partial charge in [-0.3, -0.25) is 4.79 Å². The molecule has 0 saturated carbocycles. The van der Waals surface area contributed by atoms with E-state index in [0.29, 0.717) is 9.56 Å². The summed E-state index contributed by atoms with van der Waals surface area (Å²) >= 11 is 8.46. The van der Waals surface area contributed by atoms with Gasteiger partial charge in [0.15, 0.2) is 11.7 Å². The maximum atomic E-state index is 14.0. The van der Waals surface area contributed by atoms with Gasteiger partial charge < -0.3 is 20.1 Å². The fourth-order valence-corrected chi connectivity index (χ4v) is 6.15. The van der Waals surface area contributed by atoms with Gasteiger partial charge in [0.2, 0.25) is 0 Å². The lowest BCUT2D eigenvalue weighted by atomic mass is 10.0. The fraction of sp³-hybridized carbons (Fsp3) is 0.391. The van der Waals surface area contributed by atoms with Crippen molar-refractivity contribution in [3.63, 3.8) is 0 Å². The zero-order chi connectivity index (χ0) is 27.8. The minimum absolute atomic E-state index is 0.0335. The van der Waals surface area contributed by atoms with Crippen molar-refractivity contribution in [1.29, 1.82) is 0 Å². The molecule has 204 valence electrons. The van der Waals surface area contributed by atoms with E-state index in [4.69, 9.17) is 21.1 Å². The minimum atomic E-state index is -4.66. The van der Waals surface area contributed by atoms with Crippen molar-refractivity contribution in [2.24, 2.45) is 0 Å². The van der Waals surface area contributed by atoms with Crippen molar-refractivity contribution in [1.82, 2.24) is 9.78 Å². The highest BCUT2D eigenvalue weighted by molar-refractivity contribution is 7.18. The lowest BCUT2D eigenvalue weighted by Crippen LogP contribution is -2.35. The van der Waals surface area contributed by atoms with E-state index >= 15 is 0 Å². The SMILES string of the molecule is CCOC(=O)c1sc(NC(=O)c2nn3c(c2Cl)N[C@@H](c2cccs2)C[C@H]3C(F)(F)F)c(C(=O)OCC)c1C. The Hall–Kier alpha value is -3.10. The third-order valence-electron chi connectivity index (χ3n) is 5.71. The Morgan fingerprint density at radius 1 is 1.24 bits per heavy atom. The first-order valence-electron chi connectivity index (χ1n) is 11.4. The first-order chi connectivity index (χ1) is 18.0. The summed E-state index contributed by atoms with van der Waals surface area (Å²) in [6.45, 7) is 4.82. The zero-order valence-corrected chi connectivity index (χ0v) is 22.7. The predicted octanol–water partition coefficient (Wildman–Crippen LogP) is 6.23. The van der Waals surface area contributed by atoms with E-state index in [1.54, 1.807) is 31.4 Å². The van der Waals surface area contributed by atoms with Crippen LogP contribution in [-0.2, 0) is 9.47 Å². The number of thiophene rings is 2. The number of aromatic nitrogens is 2. The number of esters is 2. The second kappa shape index (κ2) is 10.9. The van der Waals surface area contributed by atoms with Gasteiger partial charge in [-0.2, -0.15) is 18.3 Å². The highest BCUT2D eigenvalue weighted by atomic mass is 35.5. The molecule has 0 spiro atoms. The molecule has 0 radical (unpaired) electrons. The van der Waals surface area contributed by atoms with Crippen LogP contribution in [0.15, 0.2) is 17.5 Å². The molecule has 0 saturated heterocycles. The predicted molar refractivity (Wildman–Crippen MR) is 137 cm³/mol. The molecular formula is C23H22ClF3N4O5S2. The number of anilines is 2. The molecule has 2 atom stereocenters. The molecule has 4 heterocycles. The fourth-order valence-electron chi connectivity index (χ4n) is 4.01. The van der Waals surface area contributed by atoms with Crippen LogP contribution < -0.4 is 10.6 Å². The molecule has 0 aliphatic carbocycles. The molecule has 0 aromatic carbocycles. The molecule has 0 fully saturated rings. The van der Waals surface area contributed by atoms with Crippen molar-refractivity contribution in [3.05, 3.63) is 49.1 Å². The van der Waals surface area contributed by atoms with Crippen LogP contribution in [0, 0.1) is 6.92 Å². The first-order valence-corrected chi connectivity index (χ1v) is 13.5. The van der Waals surface area contributed by atoms with E-state index in [1.807, 2.05) is 0 Å². The summed E-state index contributed by atoms with van der Waals surface area (Å²) in [7, 11) is 0. The number of halogens is 4. The monoisotopic (exact) mass is 590 g/mol. The molecule has 38 heavy (non-hydrogen) atoms. The van der Waals surface area contributed by atoms with Gasteiger partial charge in [0.25, 0.3) is 5.91 Å². The standard InChI is InChI=1S/C23H22ClF3N4O5S2/c1-4-35-21(33)14-10(3)17(22(34)36-5-2)38-20(14)29-19(32)16-15(24)18-28-11(12-7-6-8-37-12)9-13(23(25,26)27)31(18)30-16/h6-8,11,13,28H,4-5,9H2,1-3H3,(H,29,32)/t11-,13+/m1/s1. The summed E-state index contributed by atoms with van der Waals surface area (Å²) in [5.41, 5.74) is -0.318. The molecule has 0 bridgehead atoms. The van der Waals surface area contributed by atoms with Crippen molar-refractivity contribution < 1.29 is 37.0 Å². The highest BCUT2D eigenvalue weighted by Gasteiger charge is 2.48. The number of fused-ring (bicyclic) bond motifs is 1. The maximum Gasteiger partial charge on any atom is 0.410 e. The van der Waals surface area contributed by atoms with Crippen molar-refractivity contribution in [2.45, 2.75) is 45.5 Å². The van der Waals surface area contributed by atoms with E-state index in [0.717, 1.165) is 11.3 Å². The number of rotatable bonds is 7. The lowest BCUT2D eigenvalue weighted by Gasteiger charge is -2.32. The Kier molecular flexibility index (Phi) is 8.04. The summed E-state index contributed by atoms with van der Waals surface area (Å²) in [5, 5.41) is 10.7. The zero-order valence-electron chi connectivity index (χ0n) is 20.3. The Morgan fingerprint density at radius 2 is 1.92 bits per heavy atom. The number of amides is 1. The van der Waals surface area contributed by atoms with Crippen molar-refractivity contribution in [2.75, 3.05) is 23.8 Å². The van der Waals surface area contributed by atoms with E-state index in [9.17, 15) is 27.6 Å². The summed E-state index contributed by atoms with van der Waals surface area (Å²) in [6, 6.07) is 0.715. The van der Waals surface area contributed by atoms with Gasteiger partial charge in [-0.05, 0) is 37.8 Å². The molecule has 2 N–H and O–H groups in total. The third-order valence-corrected chi connectivity index (χ3v) is 8.24. The smallest absolute Gasteiger partial charge is 0.410 e. The number of alkyl halides is 3. The molecule has 15 heteroatoms. The summed E-state index contributed by atoms with van der Waals surface area (Å²) in [6.07, 6.45) is -5.01. The second-order valence-corrected chi connectivity index (χ2v) is 10.5. The molecule has 1 aliphatic rings. The first kappa shape index (κ1) is 27.9. The average molecular weight is 591 g/mol. The van der Waals surface area contributed by atoms with Crippen LogP contribution in [0.25, 0.3) is 0 Å². The van der Waals surface area contributed by atoms with Gasteiger partial charge in [0.1, 0.15) is 20.7 Å². The Labute approximate surface area is 227 Å².